The summed E-state index contributed by atoms with van der Waals surface area (Å²) in [5, 5.41) is 0.659. The second-order valence-electron chi connectivity index (χ2n) is 8.30. The normalized spacial score (nSPS) is 18.9. The highest BCUT2D eigenvalue weighted by molar-refractivity contribution is 6.30. The van der Waals surface area contributed by atoms with Crippen LogP contribution in [0.2, 0.25) is 5.02 Å². The second kappa shape index (κ2) is 8.58. The average Bonchev–Trinajstić information content (AvgIpc) is 2.74. The molecule has 0 bridgehead atoms. The molecule has 29 heavy (non-hydrogen) atoms. The Morgan fingerprint density at radius 1 is 0.931 bits per heavy atom. The van der Waals surface area contributed by atoms with Crippen LogP contribution >= 0.6 is 11.6 Å². The predicted octanol–water partition coefficient (Wildman–Crippen LogP) is 4.46. The summed E-state index contributed by atoms with van der Waals surface area (Å²) in [7, 11) is 0. The molecule has 2 amide bonds. The van der Waals surface area contributed by atoms with E-state index in [0.29, 0.717) is 24.5 Å². The molecule has 2 fully saturated rings. The molecule has 5 heteroatoms. The molecule has 1 aliphatic carbocycles. The first-order valence-electron chi connectivity index (χ1n) is 10.4. The zero-order valence-electron chi connectivity index (χ0n) is 16.6. The Hall–Kier alpha value is -2.33. The van der Waals surface area contributed by atoms with Gasteiger partial charge in [-0.05, 0) is 36.1 Å². The third-order valence-corrected chi connectivity index (χ3v) is 6.53. The molecule has 2 aromatic rings. The van der Waals surface area contributed by atoms with Crippen LogP contribution in [0.15, 0.2) is 54.6 Å². The number of carbonyl (C=O) groups excluding carboxylic acids is 2. The molecule has 1 saturated heterocycles. The van der Waals surface area contributed by atoms with E-state index in [0.717, 1.165) is 36.8 Å². The van der Waals surface area contributed by atoms with Crippen LogP contribution in [-0.2, 0) is 22.6 Å². The van der Waals surface area contributed by atoms with Crippen molar-refractivity contribution in [2.24, 2.45) is 0 Å². The van der Waals surface area contributed by atoms with Crippen molar-refractivity contribution in [1.82, 2.24) is 9.80 Å². The zero-order chi connectivity index (χ0) is 20.3. The highest BCUT2D eigenvalue weighted by Gasteiger charge is 2.46. The Bertz CT molecular complexity index is 860. The topological polar surface area (TPSA) is 40.6 Å². The van der Waals surface area contributed by atoms with E-state index < -0.39 is 0 Å². The third-order valence-electron chi connectivity index (χ3n) is 6.27. The summed E-state index contributed by atoms with van der Waals surface area (Å²) in [4.78, 5) is 30.1. The number of rotatable bonds is 4. The maximum Gasteiger partial charge on any atom is 0.243 e. The fourth-order valence-corrected chi connectivity index (χ4v) is 4.86. The van der Waals surface area contributed by atoms with Crippen molar-refractivity contribution in [3.05, 3.63) is 70.7 Å². The lowest BCUT2D eigenvalue weighted by Gasteiger charge is -2.52. The van der Waals surface area contributed by atoms with E-state index >= 15 is 0 Å². The molecule has 2 aliphatic rings. The van der Waals surface area contributed by atoms with Gasteiger partial charge in [-0.2, -0.15) is 0 Å². The lowest BCUT2D eigenvalue weighted by atomic mass is 9.78. The number of amides is 2. The van der Waals surface area contributed by atoms with Crippen LogP contribution in [0, 0.1) is 0 Å². The van der Waals surface area contributed by atoms with E-state index in [-0.39, 0.29) is 23.9 Å². The van der Waals surface area contributed by atoms with E-state index in [2.05, 4.69) is 17.0 Å². The lowest BCUT2D eigenvalue weighted by Crippen LogP contribution is -2.66. The lowest BCUT2D eigenvalue weighted by molar-refractivity contribution is -0.158. The van der Waals surface area contributed by atoms with E-state index in [1.54, 1.807) is 17.0 Å². The molecule has 0 unspecified atom stereocenters. The van der Waals surface area contributed by atoms with Crippen LogP contribution < -0.4 is 0 Å². The molecule has 0 radical (unpaired) electrons. The highest BCUT2D eigenvalue weighted by Crippen LogP contribution is 2.38. The Kier molecular flexibility index (Phi) is 5.91. The summed E-state index contributed by atoms with van der Waals surface area (Å²) < 4.78 is 0. The van der Waals surface area contributed by atoms with Gasteiger partial charge in [0.25, 0.3) is 0 Å². The molecular weight excluding hydrogens is 384 g/mol. The van der Waals surface area contributed by atoms with Crippen LogP contribution in [0.25, 0.3) is 0 Å². The molecule has 1 saturated carbocycles. The summed E-state index contributed by atoms with van der Waals surface area (Å²) in [5.41, 5.74) is 1.84. The smallest absolute Gasteiger partial charge is 0.243 e. The second-order valence-corrected chi connectivity index (χ2v) is 8.74. The van der Waals surface area contributed by atoms with Gasteiger partial charge < -0.3 is 9.80 Å². The number of piperazine rings is 1. The number of benzene rings is 2. The standard InChI is InChI=1S/C24H27ClN2O2/c25-21-11-9-19(10-12-21)15-22(28)26-17-23(29)27(16-20-7-3-1-4-8-20)24(18-26)13-5-2-6-14-24/h1,3-4,7-12H,2,5-6,13-18H2. The molecule has 152 valence electrons. The molecular formula is C24H27ClN2O2. The number of hydrogen-bond donors (Lipinski definition) is 0. The van der Waals surface area contributed by atoms with E-state index in [1.165, 1.54) is 6.42 Å². The molecule has 1 spiro atoms. The van der Waals surface area contributed by atoms with Crippen molar-refractivity contribution in [3.63, 3.8) is 0 Å². The number of nitrogens with zero attached hydrogens (tertiary/aromatic N) is 2. The Labute approximate surface area is 177 Å². The van der Waals surface area contributed by atoms with Crippen molar-refractivity contribution in [3.8, 4) is 0 Å². The molecule has 4 rings (SSSR count). The molecule has 0 aromatic heterocycles. The minimum atomic E-state index is -0.237. The number of hydrogen-bond acceptors (Lipinski definition) is 2. The Balaban J connectivity index is 1.53. The van der Waals surface area contributed by atoms with Crippen molar-refractivity contribution in [2.75, 3.05) is 13.1 Å². The maximum atomic E-state index is 13.2. The summed E-state index contributed by atoms with van der Waals surface area (Å²) in [5.74, 6) is 0.0800. The summed E-state index contributed by atoms with van der Waals surface area (Å²) in [6, 6.07) is 17.5. The van der Waals surface area contributed by atoms with Gasteiger partial charge in [-0.1, -0.05) is 73.3 Å². The predicted molar refractivity (Wildman–Crippen MR) is 115 cm³/mol. The van der Waals surface area contributed by atoms with Crippen LogP contribution in [0.4, 0.5) is 0 Å². The minimum absolute atomic E-state index is 0.0185. The van der Waals surface area contributed by atoms with Gasteiger partial charge in [-0.25, -0.2) is 0 Å². The minimum Gasteiger partial charge on any atom is -0.331 e. The third kappa shape index (κ3) is 4.48. The number of carbonyl (C=O) groups is 2. The molecule has 1 aliphatic heterocycles. The van der Waals surface area contributed by atoms with Crippen molar-refractivity contribution in [1.29, 1.82) is 0 Å². The Morgan fingerprint density at radius 2 is 1.62 bits per heavy atom. The molecule has 0 N–H and O–H groups in total. The average molecular weight is 411 g/mol. The first kappa shape index (κ1) is 20.0. The van der Waals surface area contributed by atoms with Crippen LogP contribution in [0.5, 0.6) is 0 Å². The summed E-state index contributed by atoms with van der Waals surface area (Å²) in [6.07, 6.45) is 5.66. The largest absolute Gasteiger partial charge is 0.331 e. The van der Waals surface area contributed by atoms with Crippen LogP contribution in [0.1, 0.15) is 43.2 Å². The van der Waals surface area contributed by atoms with Gasteiger partial charge >= 0.3 is 0 Å². The molecule has 2 aromatic carbocycles. The van der Waals surface area contributed by atoms with Crippen molar-refractivity contribution in [2.45, 2.75) is 50.6 Å². The quantitative estimate of drug-likeness (QED) is 0.746. The van der Waals surface area contributed by atoms with Gasteiger partial charge in [0, 0.05) is 18.1 Å². The van der Waals surface area contributed by atoms with Gasteiger partial charge in [0.15, 0.2) is 0 Å². The summed E-state index contributed by atoms with van der Waals surface area (Å²) >= 11 is 5.95. The fraction of sp³-hybridized carbons (Fsp3) is 0.417. The fourth-order valence-electron chi connectivity index (χ4n) is 4.73. The molecule has 4 nitrogen and oxygen atoms in total. The van der Waals surface area contributed by atoms with Gasteiger partial charge in [0.2, 0.25) is 11.8 Å². The molecule has 1 heterocycles. The Morgan fingerprint density at radius 3 is 2.31 bits per heavy atom. The van der Waals surface area contributed by atoms with Gasteiger partial charge in [0.1, 0.15) is 0 Å². The van der Waals surface area contributed by atoms with Gasteiger partial charge in [-0.15, -0.1) is 0 Å². The summed E-state index contributed by atoms with van der Waals surface area (Å²) in [6.45, 7) is 1.43. The van der Waals surface area contributed by atoms with Crippen LogP contribution in [-0.4, -0.2) is 40.2 Å². The van der Waals surface area contributed by atoms with Gasteiger partial charge in [-0.3, -0.25) is 9.59 Å². The first-order valence-corrected chi connectivity index (χ1v) is 10.8. The van der Waals surface area contributed by atoms with Crippen LogP contribution in [0.3, 0.4) is 0 Å². The maximum absolute atomic E-state index is 13.2. The molecule has 0 atom stereocenters. The van der Waals surface area contributed by atoms with Gasteiger partial charge in [0.05, 0.1) is 18.5 Å². The first-order chi connectivity index (χ1) is 14.1. The van der Waals surface area contributed by atoms with Crippen molar-refractivity contribution >= 4 is 23.4 Å². The van der Waals surface area contributed by atoms with E-state index in [4.69, 9.17) is 11.6 Å². The number of halogens is 1. The van der Waals surface area contributed by atoms with Crippen molar-refractivity contribution < 1.29 is 9.59 Å². The highest BCUT2D eigenvalue weighted by atomic mass is 35.5. The zero-order valence-corrected chi connectivity index (χ0v) is 17.4. The SMILES string of the molecule is O=C(Cc1ccc(Cl)cc1)N1CC(=O)N(Cc2ccccc2)C2(CCCCC2)C1. The van der Waals surface area contributed by atoms with E-state index in [9.17, 15) is 9.59 Å². The monoisotopic (exact) mass is 410 g/mol. The van der Waals surface area contributed by atoms with E-state index in [1.807, 2.05) is 30.3 Å².